The lowest BCUT2D eigenvalue weighted by Gasteiger charge is -1.98. The van der Waals surface area contributed by atoms with Gasteiger partial charge in [-0.2, -0.15) is 0 Å². The Kier molecular flexibility index (Phi) is 2.15. The molecule has 0 atom stereocenters. The highest BCUT2D eigenvalue weighted by atomic mass is 16.3. The van der Waals surface area contributed by atoms with E-state index in [-0.39, 0.29) is 5.75 Å². The van der Waals surface area contributed by atoms with Crippen LogP contribution in [0.3, 0.4) is 0 Å². The highest BCUT2D eigenvalue weighted by Crippen LogP contribution is 2.33. The van der Waals surface area contributed by atoms with Crippen molar-refractivity contribution in [2.24, 2.45) is 0 Å². The van der Waals surface area contributed by atoms with E-state index < -0.39 is 0 Å². The van der Waals surface area contributed by atoms with Crippen molar-refractivity contribution in [2.45, 2.75) is 6.92 Å². The van der Waals surface area contributed by atoms with Crippen LogP contribution in [0.25, 0.3) is 22.3 Å². The highest BCUT2D eigenvalue weighted by Gasteiger charge is 2.11. The van der Waals surface area contributed by atoms with E-state index in [1.807, 2.05) is 37.3 Å². The molecule has 1 N–H and O–H groups in total. The smallest absolute Gasteiger partial charge is 0.138 e. The van der Waals surface area contributed by atoms with Crippen LogP contribution in [0, 0.1) is 6.92 Å². The molecule has 84 valence electrons. The van der Waals surface area contributed by atoms with Crippen LogP contribution < -0.4 is 0 Å². The molecule has 0 amide bonds. The third-order valence-electron chi connectivity index (χ3n) is 2.97. The van der Waals surface area contributed by atoms with Gasteiger partial charge in [0.15, 0.2) is 0 Å². The molecule has 0 unspecified atom stereocenters. The predicted octanol–water partition coefficient (Wildman–Crippen LogP) is 4.11. The molecule has 0 fully saturated rings. The fraction of sp³-hybridized carbons (Fsp3) is 0.0667. The second-order valence-electron chi connectivity index (χ2n) is 4.10. The van der Waals surface area contributed by atoms with Gasteiger partial charge in [0.05, 0.1) is 0 Å². The molecule has 0 aliphatic heterocycles. The van der Waals surface area contributed by atoms with Crippen LogP contribution in [0.2, 0.25) is 0 Å². The van der Waals surface area contributed by atoms with Gasteiger partial charge in [0.25, 0.3) is 0 Å². The van der Waals surface area contributed by atoms with Crippen molar-refractivity contribution in [3.8, 4) is 17.1 Å². The summed E-state index contributed by atoms with van der Waals surface area (Å²) in [6.45, 7) is 2.05. The molecule has 0 aliphatic rings. The Hall–Kier alpha value is -2.22. The van der Waals surface area contributed by atoms with Crippen molar-refractivity contribution >= 4 is 11.0 Å². The Morgan fingerprint density at radius 2 is 1.65 bits per heavy atom. The van der Waals surface area contributed by atoms with E-state index in [4.69, 9.17) is 4.42 Å². The number of furan rings is 1. The summed E-state index contributed by atoms with van der Waals surface area (Å²) in [4.78, 5) is 0. The molecular formula is C15H12O2. The Bertz CT molecular complexity index is 663. The number of hydrogen-bond donors (Lipinski definition) is 1. The van der Waals surface area contributed by atoms with Crippen molar-refractivity contribution in [3.05, 3.63) is 54.1 Å². The number of hydrogen-bond acceptors (Lipinski definition) is 2. The summed E-state index contributed by atoms with van der Waals surface area (Å²) in [6.07, 6.45) is 0. The molecule has 2 aromatic carbocycles. The monoisotopic (exact) mass is 224 g/mol. The average molecular weight is 224 g/mol. The summed E-state index contributed by atoms with van der Waals surface area (Å²) >= 11 is 0. The van der Waals surface area contributed by atoms with E-state index in [1.165, 1.54) is 0 Å². The Labute approximate surface area is 99.1 Å². The van der Waals surface area contributed by atoms with Gasteiger partial charge >= 0.3 is 0 Å². The van der Waals surface area contributed by atoms with E-state index in [0.29, 0.717) is 0 Å². The van der Waals surface area contributed by atoms with Crippen LogP contribution in [0.5, 0.6) is 5.75 Å². The molecule has 3 rings (SSSR count). The van der Waals surface area contributed by atoms with Gasteiger partial charge in [-0.25, -0.2) is 0 Å². The number of para-hydroxylation sites is 1. The first kappa shape index (κ1) is 9.97. The van der Waals surface area contributed by atoms with Crippen LogP contribution >= 0.6 is 0 Å². The lowest BCUT2D eigenvalue weighted by Crippen LogP contribution is -1.76. The van der Waals surface area contributed by atoms with E-state index in [9.17, 15) is 5.11 Å². The largest absolute Gasteiger partial charge is 0.508 e. The van der Waals surface area contributed by atoms with E-state index in [0.717, 1.165) is 27.9 Å². The maximum atomic E-state index is 9.28. The van der Waals surface area contributed by atoms with Crippen LogP contribution in [0.1, 0.15) is 5.56 Å². The molecule has 17 heavy (non-hydrogen) atoms. The summed E-state index contributed by atoms with van der Waals surface area (Å²) in [5, 5.41) is 10.4. The van der Waals surface area contributed by atoms with Gasteiger partial charge in [-0.05, 0) is 37.3 Å². The molecule has 2 heteroatoms. The number of phenols is 1. The maximum Gasteiger partial charge on any atom is 0.138 e. The van der Waals surface area contributed by atoms with E-state index in [1.54, 1.807) is 12.1 Å². The van der Waals surface area contributed by atoms with Gasteiger partial charge in [0.2, 0.25) is 0 Å². The Balaban J connectivity index is 2.24. The first-order valence-electron chi connectivity index (χ1n) is 5.53. The standard InChI is InChI=1S/C15H12O2/c1-10-13-4-2-3-5-14(13)17-15(10)11-6-8-12(16)9-7-11/h2-9,16H,1H3. The van der Waals surface area contributed by atoms with Crippen molar-refractivity contribution in [2.75, 3.05) is 0 Å². The van der Waals surface area contributed by atoms with Crippen LogP contribution in [0.15, 0.2) is 52.9 Å². The summed E-state index contributed by atoms with van der Waals surface area (Å²) in [5.74, 6) is 1.13. The van der Waals surface area contributed by atoms with Crippen molar-refractivity contribution in [3.63, 3.8) is 0 Å². The van der Waals surface area contributed by atoms with E-state index >= 15 is 0 Å². The SMILES string of the molecule is Cc1c(-c2ccc(O)cc2)oc2ccccc12. The zero-order valence-corrected chi connectivity index (χ0v) is 9.47. The number of aryl methyl sites for hydroxylation is 1. The van der Waals surface area contributed by atoms with Gasteiger partial charge in [0.1, 0.15) is 17.1 Å². The van der Waals surface area contributed by atoms with Crippen molar-refractivity contribution < 1.29 is 9.52 Å². The zero-order chi connectivity index (χ0) is 11.8. The minimum Gasteiger partial charge on any atom is -0.508 e. The minimum absolute atomic E-state index is 0.266. The van der Waals surface area contributed by atoms with Gasteiger partial charge in [-0.3, -0.25) is 0 Å². The van der Waals surface area contributed by atoms with Crippen LogP contribution in [-0.4, -0.2) is 5.11 Å². The molecule has 0 saturated carbocycles. The van der Waals surface area contributed by atoms with Gasteiger partial charge in [0, 0.05) is 16.5 Å². The molecule has 0 bridgehead atoms. The van der Waals surface area contributed by atoms with Gasteiger partial charge < -0.3 is 9.52 Å². The lowest BCUT2D eigenvalue weighted by atomic mass is 10.1. The average Bonchev–Trinajstić information content (AvgIpc) is 2.69. The quantitative estimate of drug-likeness (QED) is 0.674. The Morgan fingerprint density at radius 1 is 0.941 bits per heavy atom. The zero-order valence-electron chi connectivity index (χ0n) is 9.47. The van der Waals surface area contributed by atoms with Crippen LogP contribution in [0.4, 0.5) is 0 Å². The maximum absolute atomic E-state index is 9.28. The molecule has 0 saturated heterocycles. The molecule has 0 radical (unpaired) electrons. The highest BCUT2D eigenvalue weighted by molar-refractivity contribution is 5.87. The third kappa shape index (κ3) is 1.58. The third-order valence-corrected chi connectivity index (χ3v) is 2.97. The topological polar surface area (TPSA) is 33.4 Å². The summed E-state index contributed by atoms with van der Waals surface area (Å²) in [5.41, 5.74) is 3.01. The Morgan fingerprint density at radius 3 is 2.35 bits per heavy atom. The van der Waals surface area contributed by atoms with Crippen LogP contribution in [-0.2, 0) is 0 Å². The minimum atomic E-state index is 0.266. The van der Waals surface area contributed by atoms with Gasteiger partial charge in [-0.15, -0.1) is 0 Å². The summed E-state index contributed by atoms with van der Waals surface area (Å²) in [6, 6.07) is 15.0. The first-order chi connectivity index (χ1) is 8.25. The molecule has 1 heterocycles. The first-order valence-corrected chi connectivity index (χ1v) is 5.53. The second-order valence-corrected chi connectivity index (χ2v) is 4.10. The molecule has 3 aromatic rings. The fourth-order valence-electron chi connectivity index (χ4n) is 2.06. The van der Waals surface area contributed by atoms with Gasteiger partial charge in [-0.1, -0.05) is 18.2 Å². The number of benzene rings is 2. The normalized spacial score (nSPS) is 10.9. The number of phenolic OH excluding ortho intramolecular Hbond substituents is 1. The molecule has 1 aromatic heterocycles. The second kappa shape index (κ2) is 3.67. The molecule has 0 aliphatic carbocycles. The summed E-state index contributed by atoms with van der Waals surface area (Å²) in [7, 11) is 0. The van der Waals surface area contributed by atoms with Crippen molar-refractivity contribution in [1.82, 2.24) is 0 Å². The summed E-state index contributed by atoms with van der Waals surface area (Å²) < 4.78 is 5.84. The molecule has 2 nitrogen and oxygen atoms in total. The molecular weight excluding hydrogens is 212 g/mol. The number of aromatic hydroxyl groups is 1. The fourth-order valence-corrected chi connectivity index (χ4v) is 2.06. The predicted molar refractivity (Wildman–Crippen MR) is 68.1 cm³/mol. The number of fused-ring (bicyclic) bond motifs is 1. The van der Waals surface area contributed by atoms with E-state index in [2.05, 4.69) is 6.07 Å². The number of rotatable bonds is 1. The molecule has 0 spiro atoms. The lowest BCUT2D eigenvalue weighted by molar-refractivity contribution is 0.475. The van der Waals surface area contributed by atoms with Crippen molar-refractivity contribution in [1.29, 1.82) is 0 Å².